The molecule has 1 amide bonds. The second-order valence-electron chi connectivity index (χ2n) is 9.25. The van der Waals surface area contributed by atoms with Gasteiger partial charge in [-0.1, -0.05) is 18.2 Å². The zero-order valence-electron chi connectivity index (χ0n) is 23.7. The first kappa shape index (κ1) is 31.6. The van der Waals surface area contributed by atoms with Crippen molar-refractivity contribution in [2.45, 2.75) is 19.1 Å². The van der Waals surface area contributed by atoms with Crippen LogP contribution in [0.4, 0.5) is 24.5 Å². The molecule has 1 unspecified atom stereocenters. The molecule has 1 aromatic heterocycles. The summed E-state index contributed by atoms with van der Waals surface area (Å²) in [5.41, 5.74) is 6.12. The number of nitrogens with two attached hydrogens (primary N) is 1. The number of ether oxygens (including phenoxy) is 3. The summed E-state index contributed by atoms with van der Waals surface area (Å²) in [6.07, 6.45) is -5.14. The molecule has 12 nitrogen and oxygen atoms in total. The van der Waals surface area contributed by atoms with Crippen molar-refractivity contribution >= 4 is 23.1 Å². The van der Waals surface area contributed by atoms with Gasteiger partial charge in [-0.3, -0.25) is 15.2 Å². The Bertz CT molecular complexity index is 1670. The number of rotatable bonds is 13. The Labute approximate surface area is 249 Å². The Hall–Kier alpha value is -5.31. The average molecular weight is 614 g/mol. The van der Waals surface area contributed by atoms with Gasteiger partial charge in [0, 0.05) is 18.4 Å². The van der Waals surface area contributed by atoms with Crippen molar-refractivity contribution in [3.8, 4) is 17.2 Å². The SMILES string of the molecule is CCOc1cc(C(Nc2ccc(C(=N)N)cc2)c2nn(-c3ccccc3NC(=O)C(F)(F)F)c(=O)[nH]2)ccc1OCCOC. The molecule has 6 N–H and O–H groups in total. The number of nitrogen functional groups attached to an aromatic ring is 1. The van der Waals surface area contributed by atoms with Crippen molar-refractivity contribution in [1.29, 1.82) is 5.41 Å². The van der Waals surface area contributed by atoms with Gasteiger partial charge in [0.1, 0.15) is 18.5 Å². The van der Waals surface area contributed by atoms with Crippen molar-refractivity contribution in [2.24, 2.45) is 5.73 Å². The van der Waals surface area contributed by atoms with Crippen molar-refractivity contribution in [1.82, 2.24) is 14.8 Å². The molecule has 0 aliphatic heterocycles. The Morgan fingerprint density at radius 2 is 1.80 bits per heavy atom. The number of alkyl halides is 3. The number of aromatic nitrogens is 3. The molecule has 15 heteroatoms. The lowest BCUT2D eigenvalue weighted by Gasteiger charge is -2.20. The number of hydrogen-bond acceptors (Lipinski definition) is 8. The molecule has 0 bridgehead atoms. The molecule has 1 heterocycles. The minimum absolute atomic E-state index is 0.0842. The average Bonchev–Trinajstić information content (AvgIpc) is 3.37. The fraction of sp³-hybridized carbons (Fsp3) is 0.241. The maximum Gasteiger partial charge on any atom is 0.471 e. The summed E-state index contributed by atoms with van der Waals surface area (Å²) in [5, 5.41) is 17.1. The maximum atomic E-state index is 13.1. The number of hydrogen-bond donors (Lipinski definition) is 5. The molecule has 1 atom stereocenters. The molecule has 0 saturated carbocycles. The van der Waals surface area contributed by atoms with Crippen molar-refractivity contribution in [2.75, 3.05) is 37.6 Å². The lowest BCUT2D eigenvalue weighted by atomic mass is 10.0. The molecule has 4 rings (SSSR count). The summed E-state index contributed by atoms with van der Waals surface area (Å²) in [7, 11) is 1.55. The second kappa shape index (κ2) is 13.8. The zero-order chi connectivity index (χ0) is 31.9. The number of carbonyl (C=O) groups is 1. The number of methoxy groups -OCH3 is 1. The first-order valence-corrected chi connectivity index (χ1v) is 13.3. The number of para-hydroxylation sites is 2. The van der Waals surface area contributed by atoms with Gasteiger partial charge in [0.05, 0.1) is 24.6 Å². The van der Waals surface area contributed by atoms with Gasteiger partial charge in [-0.25, -0.2) is 4.79 Å². The van der Waals surface area contributed by atoms with Gasteiger partial charge in [-0.15, -0.1) is 5.10 Å². The van der Waals surface area contributed by atoms with Crippen molar-refractivity contribution in [3.63, 3.8) is 0 Å². The number of aromatic amines is 1. The molecule has 0 spiro atoms. The first-order valence-electron chi connectivity index (χ1n) is 13.3. The Morgan fingerprint density at radius 3 is 2.45 bits per heavy atom. The fourth-order valence-electron chi connectivity index (χ4n) is 4.14. The van der Waals surface area contributed by atoms with E-state index in [1.165, 1.54) is 24.3 Å². The molecule has 0 saturated heterocycles. The Balaban J connectivity index is 1.78. The molecular weight excluding hydrogens is 583 g/mol. The van der Waals surface area contributed by atoms with Gasteiger partial charge in [-0.05, 0) is 61.0 Å². The van der Waals surface area contributed by atoms with Gasteiger partial charge < -0.3 is 30.6 Å². The van der Waals surface area contributed by atoms with Crippen LogP contribution in [-0.4, -0.2) is 59.6 Å². The summed E-state index contributed by atoms with van der Waals surface area (Å²) in [6.45, 7) is 2.78. The van der Waals surface area contributed by atoms with E-state index in [4.69, 9.17) is 25.4 Å². The molecule has 0 aliphatic rings. The Morgan fingerprint density at radius 1 is 1.07 bits per heavy atom. The summed E-state index contributed by atoms with van der Waals surface area (Å²) >= 11 is 0. The third-order valence-corrected chi connectivity index (χ3v) is 6.20. The highest BCUT2D eigenvalue weighted by Gasteiger charge is 2.39. The molecular formula is C29H30F3N7O5. The smallest absolute Gasteiger partial charge is 0.471 e. The van der Waals surface area contributed by atoms with Gasteiger partial charge >= 0.3 is 17.8 Å². The summed E-state index contributed by atoms with van der Waals surface area (Å²) in [6, 6.07) is 16.4. The van der Waals surface area contributed by atoms with Gasteiger partial charge in [0.25, 0.3) is 0 Å². The van der Waals surface area contributed by atoms with E-state index in [2.05, 4.69) is 15.4 Å². The van der Waals surface area contributed by atoms with Crippen LogP contribution in [-0.2, 0) is 9.53 Å². The highest BCUT2D eigenvalue weighted by atomic mass is 19.4. The van der Waals surface area contributed by atoms with Crippen LogP contribution in [0, 0.1) is 5.41 Å². The van der Waals surface area contributed by atoms with E-state index < -0.39 is 23.8 Å². The van der Waals surface area contributed by atoms with Crippen LogP contribution >= 0.6 is 0 Å². The number of nitrogens with zero attached hydrogens (tertiary/aromatic N) is 2. The fourth-order valence-corrected chi connectivity index (χ4v) is 4.14. The molecule has 0 fully saturated rings. The molecule has 232 valence electrons. The van der Waals surface area contributed by atoms with E-state index in [0.717, 1.165) is 4.68 Å². The zero-order valence-corrected chi connectivity index (χ0v) is 23.7. The summed E-state index contributed by atoms with van der Waals surface area (Å²) in [5.74, 6) is -1.33. The van der Waals surface area contributed by atoms with Crippen LogP contribution in [0.1, 0.15) is 29.9 Å². The van der Waals surface area contributed by atoms with E-state index in [9.17, 15) is 22.8 Å². The van der Waals surface area contributed by atoms with E-state index in [1.807, 2.05) is 6.92 Å². The minimum Gasteiger partial charge on any atom is -0.490 e. The van der Waals surface area contributed by atoms with Crippen LogP contribution in [0.2, 0.25) is 0 Å². The van der Waals surface area contributed by atoms with Crippen LogP contribution in [0.15, 0.2) is 71.5 Å². The van der Waals surface area contributed by atoms with E-state index in [1.54, 1.807) is 54.9 Å². The van der Waals surface area contributed by atoms with E-state index in [-0.39, 0.29) is 29.6 Å². The number of carbonyl (C=O) groups excluding carboxylic acids is 1. The standard InChI is InChI=1S/C29H30F3N7O5/c1-3-43-23-16-18(10-13-22(23)44-15-14-42-2)24(35-19-11-8-17(9-12-19)25(33)34)26-37-28(41)39(38-26)21-7-5-4-6-20(21)36-27(40)29(30,31)32/h4-13,16,24,35H,3,14-15H2,1-2H3,(H3,33,34)(H,36,40)(H,37,38,41). The number of amides is 1. The van der Waals surface area contributed by atoms with Crippen molar-refractivity contribution in [3.05, 3.63) is 94.2 Å². The highest BCUT2D eigenvalue weighted by molar-refractivity contribution is 5.96. The molecule has 0 radical (unpaired) electrons. The lowest BCUT2D eigenvalue weighted by molar-refractivity contribution is -0.167. The lowest BCUT2D eigenvalue weighted by Crippen LogP contribution is -2.30. The molecule has 3 aromatic carbocycles. The third-order valence-electron chi connectivity index (χ3n) is 6.20. The quantitative estimate of drug-likeness (QED) is 0.0857. The predicted molar refractivity (Wildman–Crippen MR) is 157 cm³/mol. The topological polar surface area (TPSA) is 169 Å². The highest BCUT2D eigenvalue weighted by Crippen LogP contribution is 2.34. The summed E-state index contributed by atoms with van der Waals surface area (Å²) in [4.78, 5) is 27.5. The van der Waals surface area contributed by atoms with Crippen LogP contribution in [0.5, 0.6) is 11.5 Å². The van der Waals surface area contributed by atoms with Gasteiger partial charge in [-0.2, -0.15) is 17.9 Å². The predicted octanol–water partition coefficient (Wildman–Crippen LogP) is 3.97. The van der Waals surface area contributed by atoms with Crippen molar-refractivity contribution < 1.29 is 32.2 Å². The Kier molecular flexibility index (Phi) is 9.90. The van der Waals surface area contributed by atoms with E-state index in [0.29, 0.717) is 41.5 Å². The van der Waals surface area contributed by atoms with Gasteiger partial charge in [0.2, 0.25) is 0 Å². The molecule has 4 aromatic rings. The monoisotopic (exact) mass is 613 g/mol. The first-order chi connectivity index (χ1) is 21.0. The largest absolute Gasteiger partial charge is 0.490 e. The number of H-pyrrole nitrogens is 1. The summed E-state index contributed by atoms with van der Waals surface area (Å²) < 4.78 is 56.4. The number of amidine groups is 1. The number of nitrogens with one attached hydrogen (secondary N) is 4. The van der Waals surface area contributed by atoms with Crippen LogP contribution in [0.25, 0.3) is 5.69 Å². The van der Waals surface area contributed by atoms with Crippen LogP contribution in [0.3, 0.4) is 0 Å². The van der Waals surface area contributed by atoms with E-state index >= 15 is 0 Å². The number of halogens is 3. The number of benzene rings is 3. The molecule has 44 heavy (non-hydrogen) atoms. The second-order valence-corrected chi connectivity index (χ2v) is 9.25. The molecule has 0 aliphatic carbocycles. The van der Waals surface area contributed by atoms with Gasteiger partial charge in [0.15, 0.2) is 17.3 Å². The van der Waals surface area contributed by atoms with Crippen LogP contribution < -0.4 is 31.5 Å². The normalized spacial score (nSPS) is 11.9. The maximum absolute atomic E-state index is 13.1. The number of anilines is 2. The minimum atomic E-state index is -5.14. The third kappa shape index (κ3) is 7.55.